The Kier molecular flexibility index (Phi) is 4.36. The van der Waals surface area contributed by atoms with Crippen molar-refractivity contribution < 1.29 is 18.3 Å². The predicted octanol–water partition coefficient (Wildman–Crippen LogP) is 5.48. The maximum absolute atomic E-state index is 6.29. The summed E-state index contributed by atoms with van der Waals surface area (Å²) < 4.78 is 24.1. The molecule has 0 radical (unpaired) electrons. The standard InChI is InChI=1S/C25H18N4O4/c1-30-17-9-5-15(6-10-17)20-21-24-27-23(19-4-3-13-32-19)28-29(24)14-26-25(21)33-22(20)16-7-11-18(31-2)12-8-16/h3-14H,1-2H3. The van der Waals surface area contributed by atoms with E-state index in [1.165, 1.54) is 0 Å². The lowest BCUT2D eigenvalue weighted by molar-refractivity contribution is 0.414. The minimum atomic E-state index is 0.470. The number of methoxy groups -OCH3 is 2. The van der Waals surface area contributed by atoms with E-state index in [1.807, 2.05) is 54.6 Å². The largest absolute Gasteiger partial charge is 0.497 e. The van der Waals surface area contributed by atoms with Crippen LogP contribution in [0.3, 0.4) is 0 Å². The average molecular weight is 438 g/mol. The summed E-state index contributed by atoms with van der Waals surface area (Å²) in [5.41, 5.74) is 3.80. The average Bonchev–Trinajstić information content (AvgIpc) is 3.61. The molecular weight excluding hydrogens is 420 g/mol. The second-order valence-corrected chi connectivity index (χ2v) is 7.37. The van der Waals surface area contributed by atoms with E-state index in [9.17, 15) is 0 Å². The van der Waals surface area contributed by atoms with E-state index in [0.29, 0.717) is 28.7 Å². The molecule has 0 fully saturated rings. The minimum Gasteiger partial charge on any atom is -0.497 e. The Morgan fingerprint density at radius 2 is 1.55 bits per heavy atom. The maximum Gasteiger partial charge on any atom is 0.232 e. The summed E-state index contributed by atoms with van der Waals surface area (Å²) in [5.74, 6) is 3.27. The fourth-order valence-corrected chi connectivity index (χ4v) is 3.89. The Morgan fingerprint density at radius 3 is 2.18 bits per heavy atom. The molecule has 0 aliphatic rings. The van der Waals surface area contributed by atoms with Crippen LogP contribution in [0.2, 0.25) is 0 Å². The highest BCUT2D eigenvalue weighted by atomic mass is 16.5. The molecule has 6 rings (SSSR count). The summed E-state index contributed by atoms with van der Waals surface area (Å²) >= 11 is 0. The maximum atomic E-state index is 6.29. The Labute approximate surface area is 188 Å². The monoisotopic (exact) mass is 438 g/mol. The molecule has 0 saturated carbocycles. The molecule has 0 aliphatic carbocycles. The van der Waals surface area contributed by atoms with E-state index < -0.39 is 0 Å². The Balaban J connectivity index is 1.65. The first kappa shape index (κ1) is 19.1. The molecule has 4 heterocycles. The summed E-state index contributed by atoms with van der Waals surface area (Å²) in [6, 6.07) is 19.1. The highest BCUT2D eigenvalue weighted by Gasteiger charge is 2.23. The third-order valence-corrected chi connectivity index (χ3v) is 5.50. The number of nitrogens with zero attached hydrogens (tertiary/aromatic N) is 4. The Morgan fingerprint density at radius 1 is 0.848 bits per heavy atom. The van der Waals surface area contributed by atoms with Gasteiger partial charge >= 0.3 is 0 Å². The molecule has 0 spiro atoms. The van der Waals surface area contributed by atoms with Gasteiger partial charge in [0.1, 0.15) is 23.6 Å². The topological polar surface area (TPSA) is 87.8 Å². The van der Waals surface area contributed by atoms with Crippen molar-refractivity contribution in [3.63, 3.8) is 0 Å². The number of furan rings is 2. The second-order valence-electron chi connectivity index (χ2n) is 7.37. The van der Waals surface area contributed by atoms with Gasteiger partial charge in [-0.2, -0.15) is 0 Å². The van der Waals surface area contributed by atoms with Gasteiger partial charge in [-0.3, -0.25) is 0 Å². The molecule has 0 bridgehead atoms. The summed E-state index contributed by atoms with van der Waals surface area (Å²) in [6.07, 6.45) is 3.19. The van der Waals surface area contributed by atoms with Crippen LogP contribution in [0.5, 0.6) is 11.5 Å². The predicted molar refractivity (Wildman–Crippen MR) is 122 cm³/mol. The number of ether oxygens (including phenoxy) is 2. The lowest BCUT2D eigenvalue weighted by atomic mass is 9.99. The number of hydrogen-bond acceptors (Lipinski definition) is 7. The Hall–Kier alpha value is -4.59. The van der Waals surface area contributed by atoms with Crippen molar-refractivity contribution in [1.82, 2.24) is 19.6 Å². The number of benzene rings is 2. The number of fused-ring (bicyclic) bond motifs is 3. The van der Waals surface area contributed by atoms with Crippen LogP contribution in [0, 0.1) is 0 Å². The normalized spacial score (nSPS) is 11.3. The highest BCUT2D eigenvalue weighted by molar-refractivity contribution is 6.07. The van der Waals surface area contributed by atoms with Crippen molar-refractivity contribution in [3.05, 3.63) is 73.3 Å². The fourth-order valence-electron chi connectivity index (χ4n) is 3.89. The van der Waals surface area contributed by atoms with Crippen LogP contribution in [0.15, 0.2) is 82.1 Å². The van der Waals surface area contributed by atoms with Gasteiger partial charge in [0.05, 0.1) is 25.9 Å². The molecular formula is C25H18N4O4. The quantitative estimate of drug-likeness (QED) is 0.352. The zero-order chi connectivity index (χ0) is 22.4. The molecule has 0 atom stereocenters. The van der Waals surface area contributed by atoms with Crippen molar-refractivity contribution in [1.29, 1.82) is 0 Å². The lowest BCUT2D eigenvalue weighted by Crippen LogP contribution is -1.91. The molecule has 0 amide bonds. The van der Waals surface area contributed by atoms with Gasteiger partial charge in [0.2, 0.25) is 11.5 Å². The van der Waals surface area contributed by atoms with Crippen LogP contribution in [0.25, 0.3) is 50.8 Å². The zero-order valence-electron chi connectivity index (χ0n) is 17.9. The molecule has 2 aromatic carbocycles. The molecule has 6 aromatic rings. The van der Waals surface area contributed by atoms with E-state index >= 15 is 0 Å². The lowest BCUT2D eigenvalue weighted by Gasteiger charge is -2.06. The number of rotatable bonds is 5. The van der Waals surface area contributed by atoms with Crippen LogP contribution < -0.4 is 9.47 Å². The van der Waals surface area contributed by atoms with Gasteiger partial charge in [0.25, 0.3) is 0 Å². The summed E-state index contributed by atoms with van der Waals surface area (Å²) in [6.45, 7) is 0. The third kappa shape index (κ3) is 3.11. The van der Waals surface area contributed by atoms with Gasteiger partial charge in [-0.1, -0.05) is 12.1 Å². The van der Waals surface area contributed by atoms with E-state index in [4.69, 9.17) is 23.3 Å². The van der Waals surface area contributed by atoms with E-state index in [2.05, 4.69) is 10.1 Å². The first-order valence-electron chi connectivity index (χ1n) is 10.3. The van der Waals surface area contributed by atoms with Gasteiger partial charge in [0.15, 0.2) is 11.4 Å². The summed E-state index contributed by atoms with van der Waals surface area (Å²) in [7, 11) is 3.28. The van der Waals surface area contributed by atoms with Crippen molar-refractivity contribution >= 4 is 16.7 Å². The summed E-state index contributed by atoms with van der Waals surface area (Å²) in [5, 5.41) is 5.31. The molecule has 0 aliphatic heterocycles. The van der Waals surface area contributed by atoms with Crippen molar-refractivity contribution in [2.45, 2.75) is 0 Å². The molecule has 33 heavy (non-hydrogen) atoms. The van der Waals surface area contributed by atoms with E-state index in [-0.39, 0.29) is 0 Å². The molecule has 0 N–H and O–H groups in total. The minimum absolute atomic E-state index is 0.470. The van der Waals surface area contributed by atoms with Gasteiger partial charge in [0, 0.05) is 11.1 Å². The molecule has 8 nitrogen and oxygen atoms in total. The van der Waals surface area contributed by atoms with Gasteiger partial charge < -0.3 is 18.3 Å². The third-order valence-electron chi connectivity index (χ3n) is 5.50. The van der Waals surface area contributed by atoms with Gasteiger partial charge in [-0.25, -0.2) is 14.5 Å². The van der Waals surface area contributed by atoms with E-state index in [0.717, 1.165) is 33.6 Å². The van der Waals surface area contributed by atoms with Crippen LogP contribution in [-0.2, 0) is 0 Å². The fraction of sp³-hybridized carbons (Fsp3) is 0.0800. The highest BCUT2D eigenvalue weighted by Crippen LogP contribution is 2.42. The van der Waals surface area contributed by atoms with Crippen LogP contribution in [0.4, 0.5) is 0 Å². The SMILES string of the molecule is COc1ccc(-c2oc3ncn4nc(-c5ccco5)nc4c3c2-c2ccc(OC)cc2)cc1. The first-order valence-corrected chi connectivity index (χ1v) is 10.3. The van der Waals surface area contributed by atoms with Gasteiger partial charge in [-0.15, -0.1) is 5.10 Å². The van der Waals surface area contributed by atoms with Gasteiger partial charge in [-0.05, 0) is 54.1 Å². The first-order chi connectivity index (χ1) is 16.2. The zero-order valence-corrected chi connectivity index (χ0v) is 17.9. The molecule has 162 valence electrons. The van der Waals surface area contributed by atoms with Crippen molar-refractivity contribution in [2.24, 2.45) is 0 Å². The smallest absolute Gasteiger partial charge is 0.232 e. The van der Waals surface area contributed by atoms with Crippen LogP contribution in [-0.4, -0.2) is 33.8 Å². The van der Waals surface area contributed by atoms with E-state index in [1.54, 1.807) is 37.4 Å². The summed E-state index contributed by atoms with van der Waals surface area (Å²) in [4.78, 5) is 9.27. The van der Waals surface area contributed by atoms with Crippen LogP contribution >= 0.6 is 0 Å². The second kappa shape index (κ2) is 7.52. The van der Waals surface area contributed by atoms with Crippen LogP contribution in [0.1, 0.15) is 0 Å². The Bertz CT molecular complexity index is 1560. The molecule has 0 saturated heterocycles. The molecule has 4 aromatic heterocycles. The molecule has 0 unspecified atom stereocenters. The number of hydrogen-bond donors (Lipinski definition) is 0. The van der Waals surface area contributed by atoms with Crippen molar-refractivity contribution in [3.8, 4) is 45.5 Å². The number of aromatic nitrogens is 4. The van der Waals surface area contributed by atoms with Crippen molar-refractivity contribution in [2.75, 3.05) is 14.2 Å². The molecule has 8 heteroatoms.